The van der Waals surface area contributed by atoms with E-state index in [0.29, 0.717) is 46.4 Å². The molecule has 2 heterocycles. The lowest BCUT2D eigenvalue weighted by Gasteiger charge is -2.18. The van der Waals surface area contributed by atoms with Crippen molar-refractivity contribution in [2.45, 2.75) is 16.7 Å². The second-order valence-corrected chi connectivity index (χ2v) is 9.71. The molecule has 1 aliphatic heterocycles. The van der Waals surface area contributed by atoms with Crippen LogP contribution in [0.15, 0.2) is 85.9 Å². The molecule has 0 spiro atoms. The van der Waals surface area contributed by atoms with Crippen molar-refractivity contribution in [2.75, 3.05) is 13.2 Å². The molecule has 4 aromatic rings. The van der Waals surface area contributed by atoms with Crippen molar-refractivity contribution in [3.05, 3.63) is 82.9 Å². The lowest BCUT2D eigenvalue weighted by Crippen LogP contribution is -2.16. The Balaban J connectivity index is 1.75. The van der Waals surface area contributed by atoms with Gasteiger partial charge in [-0.25, -0.2) is 13.4 Å². The van der Waals surface area contributed by atoms with Gasteiger partial charge in [0.15, 0.2) is 11.5 Å². The molecule has 3 aromatic carbocycles. The third kappa shape index (κ3) is 3.85. The molecule has 1 aliphatic rings. The molecule has 0 N–H and O–H groups in total. The predicted octanol–water partition coefficient (Wildman–Crippen LogP) is 5.23. The van der Waals surface area contributed by atoms with E-state index in [1.165, 1.54) is 6.07 Å². The fourth-order valence-corrected chi connectivity index (χ4v) is 4.94. The molecule has 162 valence electrons. The van der Waals surface area contributed by atoms with E-state index in [1.54, 1.807) is 60.7 Å². The number of fused-ring (bicyclic) bond motifs is 2. The first-order valence-electron chi connectivity index (χ1n) is 9.90. The van der Waals surface area contributed by atoms with Crippen LogP contribution in [0.25, 0.3) is 11.0 Å². The van der Waals surface area contributed by atoms with E-state index in [4.69, 9.17) is 25.5 Å². The lowest BCUT2D eigenvalue weighted by atomic mass is 10.2. The minimum Gasteiger partial charge on any atom is -0.486 e. The van der Waals surface area contributed by atoms with Crippen LogP contribution >= 0.6 is 11.6 Å². The van der Waals surface area contributed by atoms with Crippen molar-refractivity contribution in [1.82, 2.24) is 0 Å². The first kappa shape index (κ1) is 20.6. The molecule has 0 unspecified atom stereocenters. The van der Waals surface area contributed by atoms with Crippen LogP contribution < -0.4 is 15.0 Å². The molecule has 0 aliphatic carbocycles. The Morgan fingerprint density at radius 1 is 0.875 bits per heavy atom. The summed E-state index contributed by atoms with van der Waals surface area (Å²) in [5.41, 5.74) is 1.87. The first-order chi connectivity index (χ1) is 15.4. The average Bonchev–Trinajstić information content (AvgIpc) is 2.79. The quantitative estimate of drug-likeness (QED) is 0.412. The maximum Gasteiger partial charge on any atom is 0.239 e. The molecule has 0 amide bonds. The Hall–Kier alpha value is -3.29. The molecule has 0 saturated carbocycles. The molecule has 8 heteroatoms. The van der Waals surface area contributed by atoms with Crippen molar-refractivity contribution in [2.24, 2.45) is 4.99 Å². The summed E-state index contributed by atoms with van der Waals surface area (Å²) >= 11 is 6.12. The van der Waals surface area contributed by atoms with Crippen molar-refractivity contribution in [1.29, 1.82) is 0 Å². The smallest absolute Gasteiger partial charge is 0.239 e. The standard InChI is InChI=1S/C24H18ClNO5S/c1-15-2-6-19(7-3-15)32(27,28)23-13-16-12-17(25)4-8-20(16)31-24(23)26-18-5-9-21-22(14-18)30-11-10-29-21/h2-9,12-14H,10-11H2,1H3. The van der Waals surface area contributed by atoms with E-state index >= 15 is 0 Å². The second kappa shape index (κ2) is 8.00. The SMILES string of the molecule is Cc1ccc(S(=O)(=O)c2cc3cc(Cl)ccc3oc2=Nc2ccc3c(c2)OCCO3)cc1. The molecule has 32 heavy (non-hydrogen) atoms. The lowest BCUT2D eigenvalue weighted by molar-refractivity contribution is 0.171. The number of halogens is 1. The van der Waals surface area contributed by atoms with Gasteiger partial charge in [-0.3, -0.25) is 0 Å². The van der Waals surface area contributed by atoms with Crippen LogP contribution in [0.2, 0.25) is 5.02 Å². The molecule has 0 radical (unpaired) electrons. The highest BCUT2D eigenvalue weighted by Crippen LogP contribution is 2.34. The molecular formula is C24H18ClNO5S. The van der Waals surface area contributed by atoms with E-state index in [-0.39, 0.29) is 15.3 Å². The van der Waals surface area contributed by atoms with Crippen LogP contribution in [0.1, 0.15) is 5.56 Å². The maximum atomic E-state index is 13.5. The molecule has 0 fully saturated rings. The number of rotatable bonds is 3. The van der Waals surface area contributed by atoms with Crippen LogP contribution in [0.5, 0.6) is 11.5 Å². The average molecular weight is 468 g/mol. The highest BCUT2D eigenvalue weighted by atomic mass is 35.5. The number of hydrogen-bond donors (Lipinski definition) is 0. The maximum absolute atomic E-state index is 13.5. The highest BCUT2D eigenvalue weighted by Gasteiger charge is 2.23. The summed E-state index contributed by atoms with van der Waals surface area (Å²) in [6.45, 7) is 2.81. The van der Waals surface area contributed by atoms with Gasteiger partial charge < -0.3 is 13.9 Å². The number of benzene rings is 3. The largest absolute Gasteiger partial charge is 0.486 e. The van der Waals surface area contributed by atoms with Crippen molar-refractivity contribution in [3.8, 4) is 11.5 Å². The number of hydrogen-bond acceptors (Lipinski definition) is 6. The summed E-state index contributed by atoms with van der Waals surface area (Å²) in [7, 11) is -3.91. The Morgan fingerprint density at radius 2 is 1.62 bits per heavy atom. The fourth-order valence-electron chi connectivity index (χ4n) is 3.42. The van der Waals surface area contributed by atoms with E-state index in [0.717, 1.165) is 5.56 Å². The van der Waals surface area contributed by atoms with Gasteiger partial charge >= 0.3 is 0 Å². The molecule has 5 rings (SSSR count). The molecule has 0 atom stereocenters. The zero-order chi connectivity index (χ0) is 22.3. The first-order valence-corrected chi connectivity index (χ1v) is 11.8. The zero-order valence-electron chi connectivity index (χ0n) is 17.0. The van der Waals surface area contributed by atoms with Gasteiger partial charge in [0, 0.05) is 16.5 Å². The van der Waals surface area contributed by atoms with Gasteiger partial charge in [0.25, 0.3) is 0 Å². The van der Waals surface area contributed by atoms with Crippen LogP contribution in [0, 0.1) is 6.92 Å². The van der Waals surface area contributed by atoms with Crippen molar-refractivity contribution < 1.29 is 22.3 Å². The van der Waals surface area contributed by atoms with Gasteiger partial charge in [0.2, 0.25) is 15.4 Å². The summed E-state index contributed by atoms with van der Waals surface area (Å²) in [5, 5.41) is 1.03. The van der Waals surface area contributed by atoms with Gasteiger partial charge in [0.1, 0.15) is 23.7 Å². The van der Waals surface area contributed by atoms with E-state index in [2.05, 4.69) is 4.99 Å². The fraction of sp³-hybridized carbons (Fsp3) is 0.125. The highest BCUT2D eigenvalue weighted by molar-refractivity contribution is 7.91. The number of nitrogens with zero attached hydrogens (tertiary/aromatic N) is 1. The summed E-state index contributed by atoms with van der Waals surface area (Å²) in [6.07, 6.45) is 0. The Morgan fingerprint density at radius 3 is 2.41 bits per heavy atom. The van der Waals surface area contributed by atoms with Crippen LogP contribution in [-0.4, -0.2) is 21.6 Å². The molecular weight excluding hydrogens is 450 g/mol. The number of sulfone groups is 1. The van der Waals surface area contributed by atoms with Crippen LogP contribution in [-0.2, 0) is 9.84 Å². The predicted molar refractivity (Wildman–Crippen MR) is 121 cm³/mol. The topological polar surface area (TPSA) is 78.1 Å². The summed E-state index contributed by atoms with van der Waals surface area (Å²) < 4.78 is 44.1. The van der Waals surface area contributed by atoms with Crippen molar-refractivity contribution in [3.63, 3.8) is 0 Å². The summed E-state index contributed by atoms with van der Waals surface area (Å²) in [5.74, 6) is 1.17. The van der Waals surface area contributed by atoms with Gasteiger partial charge in [-0.05, 0) is 55.5 Å². The third-order valence-corrected chi connectivity index (χ3v) is 7.05. The minimum absolute atomic E-state index is 0.0305. The van der Waals surface area contributed by atoms with Crippen molar-refractivity contribution >= 4 is 38.1 Å². The van der Waals surface area contributed by atoms with Crippen LogP contribution in [0.4, 0.5) is 5.69 Å². The second-order valence-electron chi connectivity index (χ2n) is 7.35. The molecule has 1 aromatic heterocycles. The van der Waals surface area contributed by atoms with E-state index in [9.17, 15) is 8.42 Å². The molecule has 0 saturated heterocycles. The summed E-state index contributed by atoms with van der Waals surface area (Å²) in [6, 6.07) is 18.3. The number of ether oxygens (including phenoxy) is 2. The van der Waals surface area contributed by atoms with Gasteiger partial charge in [0.05, 0.1) is 10.6 Å². The zero-order valence-corrected chi connectivity index (χ0v) is 18.6. The van der Waals surface area contributed by atoms with Gasteiger partial charge in [-0.1, -0.05) is 29.3 Å². The minimum atomic E-state index is -3.91. The Labute approximate surface area is 189 Å². The summed E-state index contributed by atoms with van der Waals surface area (Å²) in [4.78, 5) is 4.62. The number of aryl methyl sites for hydroxylation is 1. The monoisotopic (exact) mass is 467 g/mol. The molecule has 6 nitrogen and oxygen atoms in total. The molecule has 0 bridgehead atoms. The normalized spacial score (nSPS) is 14.0. The van der Waals surface area contributed by atoms with E-state index in [1.807, 2.05) is 6.92 Å². The van der Waals surface area contributed by atoms with E-state index < -0.39 is 9.84 Å². The third-order valence-electron chi connectivity index (χ3n) is 5.05. The Bertz CT molecular complexity index is 1510. The van der Waals surface area contributed by atoms with Crippen LogP contribution in [0.3, 0.4) is 0 Å². The van der Waals surface area contributed by atoms with Gasteiger partial charge in [-0.15, -0.1) is 0 Å². The Kier molecular flexibility index (Phi) is 5.15. The van der Waals surface area contributed by atoms with Gasteiger partial charge in [-0.2, -0.15) is 0 Å².